The number of amidine groups is 4. The molecule has 0 atom stereocenters. The Labute approximate surface area is 693 Å². The Bertz CT molecular complexity index is 6470. The van der Waals surface area contributed by atoms with Gasteiger partial charge in [0.25, 0.3) is 23.6 Å². The minimum absolute atomic E-state index is 0.00996. The summed E-state index contributed by atoms with van der Waals surface area (Å²) >= 11 is 0. The van der Waals surface area contributed by atoms with Gasteiger partial charge in [0.15, 0.2) is 0 Å². The highest BCUT2D eigenvalue weighted by Gasteiger charge is 2.43. The molecule has 8 aliphatic heterocycles. The number of sulfonamides is 4. The van der Waals surface area contributed by atoms with Gasteiger partial charge < -0.3 is 11.5 Å². The molecule has 8 N–H and O–H groups in total. The number of carbonyl (C=O) groups excluding carboxylic acids is 6. The minimum Gasteiger partial charge on any atom is -0.366 e. The average molecular weight is 1690 g/mol. The van der Waals surface area contributed by atoms with Gasteiger partial charge in [0.2, 0.25) is 51.9 Å². The van der Waals surface area contributed by atoms with E-state index in [0.29, 0.717) is 71.2 Å². The standard InChI is InChI=1S/2C19H11N3O2.2C19H12N2O.4C3H9NO2S/c2*20-17(23)11-7-8-12-13(9-11)18-21-14-5-1-3-10-4-2-6-15(16(10)14)22(18)19(12)24;2*1-11-8-9-13-14(10-11)18-20-15-6-2-4-12-5-3-7-16(17(12)15)21(18)19(13)22;4*1-3-4-7(2,5)6/h2*1-9H,(H2,20,23);2*2-10H,1H3;4*4H,3H2,1-2H3. The predicted octanol–water partition coefficient (Wildman–Crippen LogP) is 12.6. The molecule has 120 heavy (non-hydrogen) atoms. The highest BCUT2D eigenvalue weighted by atomic mass is 32.2. The Morgan fingerprint density at radius 3 is 0.708 bits per heavy atom. The van der Waals surface area contributed by atoms with Crippen molar-refractivity contribution in [2.75, 3.05) is 70.8 Å². The van der Waals surface area contributed by atoms with Gasteiger partial charge in [-0.1, -0.05) is 148 Å². The Morgan fingerprint density at radius 2 is 0.508 bits per heavy atom. The van der Waals surface area contributed by atoms with Crippen molar-refractivity contribution in [3.05, 3.63) is 285 Å². The van der Waals surface area contributed by atoms with Crippen LogP contribution >= 0.6 is 0 Å². The van der Waals surface area contributed by atoms with Gasteiger partial charge in [-0.25, -0.2) is 72.5 Å². The van der Waals surface area contributed by atoms with E-state index in [9.17, 15) is 62.4 Å². The zero-order valence-electron chi connectivity index (χ0n) is 66.7. The van der Waals surface area contributed by atoms with Crippen LogP contribution in [0, 0.1) is 13.8 Å². The SMILES string of the molecule is CCNS(C)(=O)=O.CCNS(C)(=O)=O.CCNS(C)(=O)=O.CCNS(C)(=O)=O.Cc1ccc2c(c1)C1=Nc3cccc4cccc(c34)N1C2=O.Cc1ccc2c(c1)C1=Nc3cccc4cccc(c34)N1C2=O.NC(=O)c1ccc2c(c1)C1=Nc3cccc4cccc(c34)N1C2=O.NC(=O)c1ccc2c(c1)C1=Nc3cccc4cccc(c34)N1C2=O. The van der Waals surface area contributed by atoms with E-state index >= 15 is 0 Å². The molecule has 12 aromatic rings. The number of rotatable bonds is 10. The molecule has 0 radical (unpaired) electrons. The summed E-state index contributed by atoms with van der Waals surface area (Å²) in [6, 6.07) is 69.2. The van der Waals surface area contributed by atoms with Gasteiger partial charge in [-0.2, -0.15) is 0 Å². The Morgan fingerprint density at radius 1 is 0.300 bits per heavy atom. The van der Waals surface area contributed by atoms with Crippen molar-refractivity contribution in [2.24, 2.45) is 31.4 Å². The van der Waals surface area contributed by atoms with Gasteiger partial charge in [-0.3, -0.25) is 48.4 Å². The van der Waals surface area contributed by atoms with Crippen molar-refractivity contribution < 1.29 is 62.4 Å². The molecule has 28 nitrogen and oxygen atoms in total. The van der Waals surface area contributed by atoms with Gasteiger partial charge in [0, 0.05) is 81.1 Å². The van der Waals surface area contributed by atoms with Crippen LogP contribution in [0.25, 0.3) is 43.1 Å². The second-order valence-electron chi connectivity index (χ2n) is 28.3. The number of hydrogen-bond donors (Lipinski definition) is 6. The second kappa shape index (κ2) is 34.0. The number of benzene rings is 12. The van der Waals surface area contributed by atoms with E-state index in [1.807, 2.05) is 172 Å². The number of primary amides is 2. The van der Waals surface area contributed by atoms with Crippen molar-refractivity contribution in [3.63, 3.8) is 0 Å². The summed E-state index contributed by atoms with van der Waals surface area (Å²) in [4.78, 5) is 100. The number of anilines is 4. The third kappa shape index (κ3) is 17.4. The first-order valence-electron chi connectivity index (χ1n) is 37.7. The van der Waals surface area contributed by atoms with E-state index in [0.717, 1.165) is 159 Å². The molecule has 20 rings (SSSR count). The summed E-state index contributed by atoms with van der Waals surface area (Å²) in [5, 5.41) is 8.30. The van der Waals surface area contributed by atoms with E-state index in [4.69, 9.17) is 21.5 Å². The van der Waals surface area contributed by atoms with E-state index in [-0.39, 0.29) is 23.6 Å². The summed E-state index contributed by atoms with van der Waals surface area (Å²) in [5.41, 5.74) is 26.4. The van der Waals surface area contributed by atoms with Crippen LogP contribution < -0.4 is 50.0 Å². The lowest BCUT2D eigenvalue weighted by Crippen LogP contribution is -2.31. The monoisotopic (exact) mass is 1690 g/mol. The molecular formula is C88H82N14O14S4. The van der Waals surface area contributed by atoms with Crippen LogP contribution in [-0.2, 0) is 40.1 Å². The first-order valence-corrected chi connectivity index (χ1v) is 45.3. The van der Waals surface area contributed by atoms with Crippen LogP contribution in [0.2, 0.25) is 0 Å². The zero-order valence-corrected chi connectivity index (χ0v) is 70.0. The predicted molar refractivity (Wildman–Crippen MR) is 474 cm³/mol. The number of amides is 6. The number of nitrogens with one attached hydrogen (secondary N) is 4. The maximum absolute atomic E-state index is 12.9. The smallest absolute Gasteiger partial charge is 0.264 e. The number of hydrogen-bond acceptors (Lipinski definition) is 18. The zero-order chi connectivity index (χ0) is 86.2. The number of nitrogens with two attached hydrogens (primary N) is 2. The van der Waals surface area contributed by atoms with Crippen LogP contribution in [0.3, 0.4) is 0 Å². The summed E-state index contributed by atoms with van der Waals surface area (Å²) in [7, 11) is -11.7. The van der Waals surface area contributed by atoms with Crippen molar-refractivity contribution in [1.82, 2.24) is 18.9 Å². The summed E-state index contributed by atoms with van der Waals surface area (Å²) < 4.78 is 90.0. The van der Waals surface area contributed by atoms with Crippen LogP contribution in [0.15, 0.2) is 238 Å². The fraction of sp³-hybridized carbons (Fsp3) is 0.159. The number of fused-ring (bicyclic) bond motifs is 16. The molecule has 0 spiro atoms. The third-order valence-corrected chi connectivity index (χ3v) is 22.7. The van der Waals surface area contributed by atoms with E-state index in [1.165, 1.54) is 0 Å². The molecule has 612 valence electrons. The molecule has 0 bridgehead atoms. The molecule has 8 aliphatic rings. The third-order valence-electron chi connectivity index (χ3n) is 19.4. The Balaban J connectivity index is 0.000000125. The topological polar surface area (TPSA) is 402 Å². The molecular weight excluding hydrogens is 1610 g/mol. The highest BCUT2D eigenvalue weighted by molar-refractivity contribution is 7.89. The molecule has 8 heterocycles. The first-order chi connectivity index (χ1) is 57.0. The highest BCUT2D eigenvalue weighted by Crippen LogP contribution is 2.48. The second-order valence-corrected chi connectivity index (χ2v) is 35.7. The van der Waals surface area contributed by atoms with Crippen molar-refractivity contribution in [3.8, 4) is 0 Å². The maximum atomic E-state index is 12.9. The van der Waals surface area contributed by atoms with E-state index in [1.54, 1.807) is 83.7 Å². The van der Waals surface area contributed by atoms with E-state index < -0.39 is 51.9 Å². The van der Waals surface area contributed by atoms with Crippen molar-refractivity contribution in [2.45, 2.75) is 41.5 Å². The number of aliphatic imine (C=N–C) groups is 4. The molecule has 0 saturated carbocycles. The largest absolute Gasteiger partial charge is 0.366 e. The normalized spacial score (nSPS) is 13.9. The fourth-order valence-electron chi connectivity index (χ4n) is 14.7. The summed E-state index contributed by atoms with van der Waals surface area (Å²) in [6.07, 6.45) is 4.54. The van der Waals surface area contributed by atoms with Crippen LogP contribution in [0.5, 0.6) is 0 Å². The Kier molecular flexibility index (Phi) is 24.0. The summed E-state index contributed by atoms with van der Waals surface area (Å²) in [6.45, 7) is 12.9. The Hall–Kier alpha value is -13.2. The quantitative estimate of drug-likeness (QED) is 0.0741. The van der Waals surface area contributed by atoms with Gasteiger partial charge in [-0.05, 0) is 145 Å². The molecule has 6 amide bonds. The van der Waals surface area contributed by atoms with Gasteiger partial charge >= 0.3 is 0 Å². The van der Waals surface area contributed by atoms with Gasteiger partial charge in [0.1, 0.15) is 23.3 Å². The lowest BCUT2D eigenvalue weighted by molar-refractivity contribution is 0.0991. The first kappa shape index (κ1) is 84.7. The summed E-state index contributed by atoms with van der Waals surface area (Å²) in [5.74, 6) is 1.28. The molecule has 0 aliphatic carbocycles. The van der Waals surface area contributed by atoms with Crippen molar-refractivity contribution in [1.29, 1.82) is 0 Å². The number of nitrogens with zero attached hydrogens (tertiary/aromatic N) is 8. The van der Waals surface area contributed by atoms with Crippen LogP contribution in [0.4, 0.5) is 45.5 Å². The lowest BCUT2D eigenvalue weighted by Gasteiger charge is -2.24. The molecule has 0 saturated heterocycles. The fourth-order valence-corrected chi connectivity index (χ4v) is 16.8. The molecule has 0 fully saturated rings. The van der Waals surface area contributed by atoms with Gasteiger partial charge in [0.05, 0.1) is 92.8 Å². The molecule has 12 aromatic carbocycles. The van der Waals surface area contributed by atoms with Crippen molar-refractivity contribution >= 4 is 187 Å². The molecule has 0 aromatic heterocycles. The van der Waals surface area contributed by atoms with E-state index in [2.05, 4.69) is 53.1 Å². The molecule has 32 heteroatoms. The van der Waals surface area contributed by atoms with Crippen LogP contribution in [-0.4, -0.2) is 144 Å². The minimum atomic E-state index is -2.92. The van der Waals surface area contributed by atoms with Gasteiger partial charge in [-0.15, -0.1) is 0 Å². The number of aryl methyl sites for hydroxylation is 2. The maximum Gasteiger partial charge on any atom is 0.264 e. The lowest BCUT2D eigenvalue weighted by atomic mass is 10.0. The molecule has 0 unspecified atom stereocenters. The average Bonchev–Trinajstić information content (AvgIpc) is 1.56. The number of carbonyl (C=O) groups is 6. The van der Waals surface area contributed by atoms with Crippen LogP contribution in [0.1, 0.15) is 123 Å².